The second-order valence-electron chi connectivity index (χ2n) is 4.68. The molecule has 4 heteroatoms. The maximum Gasteiger partial charge on any atom is 0.208 e. The Bertz CT molecular complexity index is 226. The summed E-state index contributed by atoms with van der Waals surface area (Å²) in [6.45, 7) is 7.14. The molecule has 0 saturated heterocycles. The lowest BCUT2D eigenvalue weighted by Gasteiger charge is -2.17. The monoisotopic (exact) mass is 207 g/mol. The zero-order valence-electron chi connectivity index (χ0n) is 9.05. The average molecular weight is 207 g/mol. The van der Waals surface area contributed by atoms with E-state index in [0.717, 1.165) is 19.3 Å². The molecule has 1 N–H and O–H groups in total. The van der Waals surface area contributed by atoms with Gasteiger partial charge in [0.1, 0.15) is 0 Å². The van der Waals surface area contributed by atoms with Crippen LogP contribution in [-0.4, -0.2) is 21.2 Å². The van der Waals surface area contributed by atoms with Crippen LogP contribution in [0.1, 0.15) is 40.0 Å². The van der Waals surface area contributed by atoms with Crippen molar-refractivity contribution in [2.45, 2.75) is 40.0 Å². The third-order valence-corrected chi connectivity index (χ3v) is 2.45. The van der Waals surface area contributed by atoms with Gasteiger partial charge in [0, 0.05) is 6.54 Å². The second-order valence-corrected chi connectivity index (χ2v) is 6.52. The number of hydrogen-bond acceptors (Lipinski definition) is 2. The molecule has 0 aromatic heterocycles. The van der Waals surface area contributed by atoms with E-state index < -0.39 is 10.0 Å². The summed E-state index contributed by atoms with van der Waals surface area (Å²) in [6, 6.07) is 0. The summed E-state index contributed by atoms with van der Waals surface area (Å²) in [6.07, 6.45) is 4.32. The number of rotatable bonds is 5. The predicted octanol–water partition coefficient (Wildman–Crippen LogP) is 1.75. The first-order valence-corrected chi connectivity index (χ1v) is 6.54. The van der Waals surface area contributed by atoms with E-state index in [1.165, 1.54) is 6.26 Å². The van der Waals surface area contributed by atoms with Crippen molar-refractivity contribution in [1.82, 2.24) is 4.72 Å². The molecule has 0 bridgehead atoms. The zero-order chi connectivity index (χ0) is 10.5. The fourth-order valence-electron chi connectivity index (χ4n) is 1.04. The Kier molecular flexibility index (Phi) is 4.92. The molecule has 0 aromatic rings. The Hall–Kier alpha value is -0.0900. The second kappa shape index (κ2) is 4.96. The van der Waals surface area contributed by atoms with Crippen molar-refractivity contribution >= 4 is 10.0 Å². The predicted molar refractivity (Wildman–Crippen MR) is 56.2 cm³/mol. The van der Waals surface area contributed by atoms with Crippen molar-refractivity contribution in [1.29, 1.82) is 0 Å². The first-order chi connectivity index (χ1) is 5.71. The van der Waals surface area contributed by atoms with Gasteiger partial charge in [-0.15, -0.1) is 0 Å². The van der Waals surface area contributed by atoms with E-state index in [1.54, 1.807) is 0 Å². The highest BCUT2D eigenvalue weighted by atomic mass is 32.2. The Balaban J connectivity index is 3.39. The van der Waals surface area contributed by atoms with E-state index >= 15 is 0 Å². The van der Waals surface area contributed by atoms with Crippen LogP contribution in [0, 0.1) is 5.41 Å². The van der Waals surface area contributed by atoms with Crippen molar-refractivity contribution in [2.24, 2.45) is 5.41 Å². The summed E-state index contributed by atoms with van der Waals surface area (Å²) in [7, 11) is -2.99. The minimum Gasteiger partial charge on any atom is -0.215 e. The molecule has 80 valence electrons. The van der Waals surface area contributed by atoms with Crippen LogP contribution in [0.3, 0.4) is 0 Å². The molecule has 0 atom stereocenters. The Morgan fingerprint density at radius 1 is 1.15 bits per heavy atom. The first-order valence-electron chi connectivity index (χ1n) is 4.65. The molecule has 13 heavy (non-hydrogen) atoms. The van der Waals surface area contributed by atoms with Gasteiger partial charge in [-0.1, -0.05) is 27.2 Å². The van der Waals surface area contributed by atoms with Crippen LogP contribution >= 0.6 is 0 Å². The molecule has 0 aliphatic heterocycles. The molecular weight excluding hydrogens is 186 g/mol. The van der Waals surface area contributed by atoms with E-state index in [1.807, 2.05) is 0 Å². The molecule has 0 fully saturated rings. The van der Waals surface area contributed by atoms with Crippen LogP contribution in [-0.2, 0) is 10.0 Å². The average Bonchev–Trinajstić information content (AvgIpc) is 1.81. The van der Waals surface area contributed by atoms with Crippen LogP contribution in [0.15, 0.2) is 0 Å². The molecule has 0 rings (SSSR count). The largest absolute Gasteiger partial charge is 0.215 e. The van der Waals surface area contributed by atoms with Crippen molar-refractivity contribution in [3.63, 3.8) is 0 Å². The summed E-state index contributed by atoms with van der Waals surface area (Å²) in [5.74, 6) is 0. The van der Waals surface area contributed by atoms with Crippen LogP contribution in [0.5, 0.6) is 0 Å². The molecule has 0 spiro atoms. The number of nitrogens with one attached hydrogen (secondary N) is 1. The molecule has 0 radical (unpaired) electrons. The van der Waals surface area contributed by atoms with Crippen LogP contribution in [0.2, 0.25) is 0 Å². The molecule has 0 aromatic carbocycles. The SMILES string of the molecule is CC(C)(C)CCCCNS(C)(=O)=O. The lowest BCUT2D eigenvalue weighted by molar-refractivity contribution is 0.360. The van der Waals surface area contributed by atoms with Gasteiger partial charge < -0.3 is 0 Å². The molecule has 0 amide bonds. The lowest BCUT2D eigenvalue weighted by Crippen LogP contribution is -2.23. The van der Waals surface area contributed by atoms with Crippen LogP contribution in [0.25, 0.3) is 0 Å². The smallest absolute Gasteiger partial charge is 0.208 e. The minimum atomic E-state index is -2.99. The zero-order valence-corrected chi connectivity index (χ0v) is 9.87. The van der Waals surface area contributed by atoms with E-state index in [2.05, 4.69) is 25.5 Å². The standard InChI is InChI=1S/C9H21NO2S/c1-9(2,3)7-5-6-8-10-13(4,11)12/h10H,5-8H2,1-4H3. The maximum absolute atomic E-state index is 10.7. The number of hydrogen-bond donors (Lipinski definition) is 1. The summed E-state index contributed by atoms with van der Waals surface area (Å²) >= 11 is 0. The highest BCUT2D eigenvalue weighted by Crippen LogP contribution is 2.21. The topological polar surface area (TPSA) is 46.2 Å². The quantitative estimate of drug-likeness (QED) is 0.698. The van der Waals surface area contributed by atoms with E-state index in [0.29, 0.717) is 12.0 Å². The molecule has 0 unspecified atom stereocenters. The van der Waals surface area contributed by atoms with Gasteiger partial charge in [-0.2, -0.15) is 0 Å². The Morgan fingerprint density at radius 2 is 1.69 bits per heavy atom. The van der Waals surface area contributed by atoms with Gasteiger partial charge in [-0.25, -0.2) is 13.1 Å². The van der Waals surface area contributed by atoms with Gasteiger partial charge in [-0.3, -0.25) is 0 Å². The first kappa shape index (κ1) is 12.9. The fraction of sp³-hybridized carbons (Fsp3) is 1.00. The van der Waals surface area contributed by atoms with Crippen molar-refractivity contribution in [3.8, 4) is 0 Å². The molecule has 3 nitrogen and oxygen atoms in total. The summed E-state index contributed by atoms with van der Waals surface area (Å²) in [4.78, 5) is 0. The normalized spacial score (nSPS) is 13.2. The third kappa shape index (κ3) is 11.9. The Labute approximate surface area is 82.0 Å². The summed E-state index contributed by atoms with van der Waals surface area (Å²) < 4.78 is 23.8. The minimum absolute atomic E-state index is 0.352. The van der Waals surface area contributed by atoms with Gasteiger partial charge in [0.2, 0.25) is 10.0 Å². The van der Waals surface area contributed by atoms with Gasteiger partial charge in [0.15, 0.2) is 0 Å². The molecule has 0 heterocycles. The van der Waals surface area contributed by atoms with Gasteiger partial charge in [0.05, 0.1) is 6.26 Å². The highest BCUT2D eigenvalue weighted by Gasteiger charge is 2.09. The number of sulfonamides is 1. The van der Waals surface area contributed by atoms with E-state index in [9.17, 15) is 8.42 Å². The number of unbranched alkanes of at least 4 members (excludes halogenated alkanes) is 1. The molecule has 0 saturated carbocycles. The van der Waals surface area contributed by atoms with Crippen LogP contribution < -0.4 is 4.72 Å². The van der Waals surface area contributed by atoms with Crippen molar-refractivity contribution in [2.75, 3.05) is 12.8 Å². The van der Waals surface area contributed by atoms with Gasteiger partial charge >= 0.3 is 0 Å². The molecule has 0 aliphatic carbocycles. The third-order valence-electron chi connectivity index (χ3n) is 1.72. The van der Waals surface area contributed by atoms with E-state index in [-0.39, 0.29) is 0 Å². The summed E-state index contributed by atoms with van der Waals surface area (Å²) in [5, 5.41) is 0. The molecular formula is C9H21NO2S. The van der Waals surface area contributed by atoms with Crippen molar-refractivity contribution in [3.05, 3.63) is 0 Å². The molecule has 0 aliphatic rings. The van der Waals surface area contributed by atoms with Gasteiger partial charge in [-0.05, 0) is 18.3 Å². The van der Waals surface area contributed by atoms with Crippen LogP contribution in [0.4, 0.5) is 0 Å². The van der Waals surface area contributed by atoms with E-state index in [4.69, 9.17) is 0 Å². The van der Waals surface area contributed by atoms with Gasteiger partial charge in [0.25, 0.3) is 0 Å². The lowest BCUT2D eigenvalue weighted by atomic mass is 9.90. The summed E-state index contributed by atoms with van der Waals surface area (Å²) in [5.41, 5.74) is 0.352. The Morgan fingerprint density at radius 3 is 2.08 bits per heavy atom. The maximum atomic E-state index is 10.7. The van der Waals surface area contributed by atoms with Crippen molar-refractivity contribution < 1.29 is 8.42 Å². The fourth-order valence-corrected chi connectivity index (χ4v) is 1.55. The highest BCUT2D eigenvalue weighted by molar-refractivity contribution is 7.88.